The van der Waals surface area contributed by atoms with Crippen molar-refractivity contribution in [3.8, 4) is 0 Å². The summed E-state index contributed by atoms with van der Waals surface area (Å²) in [5.74, 6) is 0. The first-order chi connectivity index (χ1) is 5.86. The molecule has 66 valence electrons. The van der Waals surface area contributed by atoms with Gasteiger partial charge < -0.3 is 11.1 Å². The first kappa shape index (κ1) is 9.00. The third-order valence-corrected chi connectivity index (χ3v) is 1.61. The fraction of sp³-hybridized carbons (Fsp3) is 0.444. The molecular formula is C9H15N3. The van der Waals surface area contributed by atoms with Gasteiger partial charge in [0, 0.05) is 13.1 Å². The molecule has 0 saturated heterocycles. The summed E-state index contributed by atoms with van der Waals surface area (Å²) in [6, 6.07) is 3.95. The van der Waals surface area contributed by atoms with Crippen LogP contribution in [0.25, 0.3) is 0 Å². The lowest BCUT2D eigenvalue weighted by atomic mass is 10.3. The summed E-state index contributed by atoms with van der Waals surface area (Å²) in [6.07, 6.45) is 2.94. The van der Waals surface area contributed by atoms with E-state index in [-0.39, 0.29) is 0 Å². The van der Waals surface area contributed by atoms with E-state index in [4.69, 9.17) is 5.73 Å². The quantitative estimate of drug-likeness (QED) is 0.708. The van der Waals surface area contributed by atoms with E-state index in [1.165, 1.54) is 0 Å². The maximum atomic E-state index is 5.42. The molecule has 0 fully saturated rings. The Bertz CT molecular complexity index is 218. The Morgan fingerprint density at radius 1 is 1.50 bits per heavy atom. The average Bonchev–Trinajstić information content (AvgIpc) is 2.15. The fourth-order valence-corrected chi connectivity index (χ4v) is 0.919. The predicted molar refractivity (Wildman–Crippen MR) is 50.9 cm³/mol. The normalized spacial score (nSPS) is 9.83. The summed E-state index contributed by atoms with van der Waals surface area (Å²) < 4.78 is 0. The van der Waals surface area contributed by atoms with Crippen LogP contribution in [0.5, 0.6) is 0 Å². The predicted octanol–water partition coefficient (Wildman–Crippen LogP) is 1.36. The molecule has 12 heavy (non-hydrogen) atoms. The minimum atomic E-state index is 0.508. The molecule has 0 saturated carbocycles. The standard InChI is InChI=1S/C9H15N3/c1-2-5-11-9-4-3-8(6-10)12-7-9/h3-4,7,11H,2,5-6,10H2,1H3. The van der Waals surface area contributed by atoms with E-state index >= 15 is 0 Å². The smallest absolute Gasteiger partial charge is 0.0541 e. The SMILES string of the molecule is CCCNc1ccc(CN)nc1. The van der Waals surface area contributed by atoms with Gasteiger partial charge in [0.05, 0.1) is 17.6 Å². The van der Waals surface area contributed by atoms with Gasteiger partial charge in [0.2, 0.25) is 0 Å². The lowest BCUT2D eigenvalue weighted by Gasteiger charge is -2.03. The Hall–Kier alpha value is -1.09. The first-order valence-corrected chi connectivity index (χ1v) is 4.25. The van der Waals surface area contributed by atoms with Crippen molar-refractivity contribution in [3.05, 3.63) is 24.0 Å². The van der Waals surface area contributed by atoms with Gasteiger partial charge >= 0.3 is 0 Å². The zero-order valence-electron chi connectivity index (χ0n) is 7.38. The van der Waals surface area contributed by atoms with Crippen LogP contribution in [0.2, 0.25) is 0 Å². The number of nitrogens with two attached hydrogens (primary N) is 1. The molecule has 0 spiro atoms. The molecule has 3 N–H and O–H groups in total. The van der Waals surface area contributed by atoms with Gasteiger partial charge in [-0.15, -0.1) is 0 Å². The summed E-state index contributed by atoms with van der Waals surface area (Å²) in [4.78, 5) is 4.16. The van der Waals surface area contributed by atoms with Crippen molar-refractivity contribution in [2.75, 3.05) is 11.9 Å². The van der Waals surface area contributed by atoms with Crippen molar-refractivity contribution < 1.29 is 0 Å². The lowest BCUT2D eigenvalue weighted by molar-refractivity contribution is 0.964. The van der Waals surface area contributed by atoms with Gasteiger partial charge in [0.15, 0.2) is 0 Å². The van der Waals surface area contributed by atoms with Crippen molar-refractivity contribution in [1.82, 2.24) is 4.98 Å². The zero-order chi connectivity index (χ0) is 8.81. The van der Waals surface area contributed by atoms with Gasteiger partial charge in [-0.05, 0) is 18.6 Å². The van der Waals surface area contributed by atoms with E-state index in [1.807, 2.05) is 18.3 Å². The van der Waals surface area contributed by atoms with Gasteiger partial charge in [0.1, 0.15) is 0 Å². The molecule has 1 heterocycles. The molecule has 1 rings (SSSR count). The van der Waals surface area contributed by atoms with Crippen molar-refractivity contribution in [2.45, 2.75) is 19.9 Å². The van der Waals surface area contributed by atoms with Crippen molar-refractivity contribution in [2.24, 2.45) is 5.73 Å². The molecule has 0 bridgehead atoms. The summed E-state index contributed by atoms with van der Waals surface area (Å²) in [5.41, 5.74) is 7.41. The molecule has 1 aromatic rings. The number of anilines is 1. The van der Waals surface area contributed by atoms with E-state index in [1.54, 1.807) is 0 Å². The fourth-order valence-electron chi connectivity index (χ4n) is 0.919. The topological polar surface area (TPSA) is 50.9 Å². The highest BCUT2D eigenvalue weighted by Gasteiger charge is 1.91. The van der Waals surface area contributed by atoms with Gasteiger partial charge in [-0.3, -0.25) is 4.98 Å². The van der Waals surface area contributed by atoms with Gasteiger partial charge in [0.25, 0.3) is 0 Å². The van der Waals surface area contributed by atoms with E-state index < -0.39 is 0 Å². The van der Waals surface area contributed by atoms with Crippen LogP contribution in [-0.2, 0) is 6.54 Å². The first-order valence-electron chi connectivity index (χ1n) is 4.25. The van der Waals surface area contributed by atoms with E-state index in [2.05, 4.69) is 17.2 Å². The van der Waals surface area contributed by atoms with Crippen LogP contribution < -0.4 is 11.1 Å². The third-order valence-electron chi connectivity index (χ3n) is 1.61. The molecule has 0 aromatic carbocycles. The average molecular weight is 165 g/mol. The number of pyridine rings is 1. The van der Waals surface area contributed by atoms with Crippen molar-refractivity contribution in [3.63, 3.8) is 0 Å². The van der Waals surface area contributed by atoms with E-state index in [0.29, 0.717) is 6.54 Å². The monoisotopic (exact) mass is 165 g/mol. The van der Waals surface area contributed by atoms with Crippen LogP contribution in [0.15, 0.2) is 18.3 Å². The van der Waals surface area contributed by atoms with Crippen molar-refractivity contribution in [1.29, 1.82) is 0 Å². The van der Waals surface area contributed by atoms with Gasteiger partial charge in [-0.1, -0.05) is 6.92 Å². The van der Waals surface area contributed by atoms with Crippen molar-refractivity contribution >= 4 is 5.69 Å². The van der Waals surface area contributed by atoms with Crippen LogP contribution in [0.1, 0.15) is 19.0 Å². The maximum absolute atomic E-state index is 5.42. The molecule has 3 nitrogen and oxygen atoms in total. The summed E-state index contributed by atoms with van der Waals surface area (Å²) >= 11 is 0. The molecular weight excluding hydrogens is 150 g/mol. The Kier molecular flexibility index (Phi) is 3.54. The van der Waals surface area contributed by atoms with Crippen LogP contribution in [-0.4, -0.2) is 11.5 Å². The van der Waals surface area contributed by atoms with Crippen LogP contribution in [0.4, 0.5) is 5.69 Å². The minimum absolute atomic E-state index is 0.508. The van der Waals surface area contributed by atoms with E-state index in [9.17, 15) is 0 Å². The van der Waals surface area contributed by atoms with Crippen LogP contribution in [0, 0.1) is 0 Å². The molecule has 0 amide bonds. The number of hydrogen-bond donors (Lipinski definition) is 2. The number of rotatable bonds is 4. The highest BCUT2D eigenvalue weighted by atomic mass is 14.9. The van der Waals surface area contributed by atoms with Crippen LogP contribution >= 0.6 is 0 Å². The molecule has 0 atom stereocenters. The number of nitrogens with one attached hydrogen (secondary N) is 1. The minimum Gasteiger partial charge on any atom is -0.384 e. The highest BCUT2D eigenvalue weighted by Crippen LogP contribution is 2.05. The molecule has 0 aliphatic heterocycles. The summed E-state index contributed by atoms with van der Waals surface area (Å²) in [5, 5.41) is 3.24. The molecule has 0 radical (unpaired) electrons. The van der Waals surface area contributed by atoms with Gasteiger partial charge in [-0.25, -0.2) is 0 Å². The van der Waals surface area contributed by atoms with Gasteiger partial charge in [-0.2, -0.15) is 0 Å². The largest absolute Gasteiger partial charge is 0.384 e. The Labute approximate surface area is 73.0 Å². The molecule has 1 aromatic heterocycles. The Morgan fingerprint density at radius 3 is 2.83 bits per heavy atom. The number of aromatic nitrogens is 1. The maximum Gasteiger partial charge on any atom is 0.0541 e. The molecule has 0 aliphatic rings. The second-order valence-electron chi connectivity index (χ2n) is 2.67. The lowest BCUT2D eigenvalue weighted by Crippen LogP contribution is -2.02. The number of hydrogen-bond acceptors (Lipinski definition) is 3. The van der Waals surface area contributed by atoms with E-state index in [0.717, 1.165) is 24.3 Å². The second kappa shape index (κ2) is 4.72. The zero-order valence-corrected chi connectivity index (χ0v) is 7.38. The third kappa shape index (κ3) is 2.51. The molecule has 0 unspecified atom stereocenters. The molecule has 3 heteroatoms. The molecule has 0 aliphatic carbocycles. The summed E-state index contributed by atoms with van der Waals surface area (Å²) in [6.45, 7) is 3.63. The highest BCUT2D eigenvalue weighted by molar-refractivity contribution is 5.40. The number of nitrogens with zero attached hydrogens (tertiary/aromatic N) is 1. The summed E-state index contributed by atoms with van der Waals surface area (Å²) in [7, 11) is 0. The second-order valence-corrected chi connectivity index (χ2v) is 2.67. The Morgan fingerprint density at radius 2 is 2.33 bits per heavy atom. The van der Waals surface area contributed by atoms with Crippen LogP contribution in [0.3, 0.4) is 0 Å². The Balaban J connectivity index is 2.53.